The molecule has 0 fully saturated rings. The van der Waals surface area contributed by atoms with E-state index in [9.17, 15) is 9.59 Å². The fraction of sp³-hybridized carbons (Fsp3) is 0.167. The second kappa shape index (κ2) is 6.32. The molecule has 8 nitrogen and oxygen atoms in total. The van der Waals surface area contributed by atoms with E-state index in [4.69, 9.17) is 5.11 Å². The molecule has 20 heavy (non-hydrogen) atoms. The van der Waals surface area contributed by atoms with Crippen molar-refractivity contribution in [3.8, 4) is 0 Å². The zero-order valence-electron chi connectivity index (χ0n) is 10.4. The number of aromatic carboxylic acids is 1. The molecule has 0 radical (unpaired) electrons. The first kappa shape index (κ1) is 13.5. The predicted octanol–water partition coefficient (Wildman–Crippen LogP) is 0.767. The lowest BCUT2D eigenvalue weighted by molar-refractivity contribution is 0.0696. The maximum atomic E-state index is 11.5. The summed E-state index contributed by atoms with van der Waals surface area (Å²) < 4.78 is 4.62. The summed E-state index contributed by atoms with van der Waals surface area (Å²) in [7, 11) is 0. The first-order chi connectivity index (χ1) is 9.65. The van der Waals surface area contributed by atoms with Gasteiger partial charge in [0.1, 0.15) is 12.0 Å². The fourth-order valence-corrected chi connectivity index (χ4v) is 1.44. The normalized spacial score (nSPS) is 10.0. The van der Waals surface area contributed by atoms with E-state index in [1.165, 1.54) is 24.6 Å². The van der Waals surface area contributed by atoms with Gasteiger partial charge in [0.05, 0.1) is 24.3 Å². The molecule has 8 heteroatoms. The van der Waals surface area contributed by atoms with Crippen LogP contribution in [0.25, 0.3) is 0 Å². The van der Waals surface area contributed by atoms with Gasteiger partial charge in [-0.25, -0.2) is 9.59 Å². The Labute approximate surface area is 113 Å². The van der Waals surface area contributed by atoms with E-state index in [1.54, 1.807) is 6.07 Å². The van der Waals surface area contributed by atoms with Crippen LogP contribution in [0.4, 0.5) is 4.79 Å². The Balaban J connectivity index is 1.81. The first-order valence-corrected chi connectivity index (χ1v) is 5.74. The second-order valence-corrected chi connectivity index (χ2v) is 3.87. The number of hydrogen-bond donors (Lipinski definition) is 3. The van der Waals surface area contributed by atoms with E-state index < -0.39 is 12.0 Å². The van der Waals surface area contributed by atoms with Crippen LogP contribution >= 0.6 is 0 Å². The quantitative estimate of drug-likeness (QED) is 0.742. The van der Waals surface area contributed by atoms with Crippen LogP contribution < -0.4 is 10.6 Å². The number of nitrogens with zero attached hydrogens (tertiary/aromatic N) is 2. The summed E-state index contributed by atoms with van der Waals surface area (Å²) in [6, 6.07) is 4.02. The molecule has 0 atom stereocenters. The number of carbonyl (C=O) groups is 2. The Bertz CT molecular complexity index is 597. The van der Waals surface area contributed by atoms with Gasteiger partial charge < -0.3 is 20.3 Å². The summed E-state index contributed by atoms with van der Waals surface area (Å²) in [6.07, 6.45) is 2.80. The van der Waals surface area contributed by atoms with Crippen molar-refractivity contribution >= 4 is 12.0 Å². The highest BCUT2D eigenvalue weighted by Crippen LogP contribution is 2.01. The van der Waals surface area contributed by atoms with Crippen LogP contribution in [0.5, 0.6) is 0 Å². The number of rotatable bonds is 5. The predicted molar refractivity (Wildman–Crippen MR) is 66.8 cm³/mol. The number of amides is 2. The lowest BCUT2D eigenvalue weighted by atomic mass is 10.2. The van der Waals surface area contributed by atoms with Gasteiger partial charge in [-0.1, -0.05) is 5.16 Å². The summed E-state index contributed by atoms with van der Waals surface area (Å²) in [5, 5.41) is 17.6. The summed E-state index contributed by atoms with van der Waals surface area (Å²) in [4.78, 5) is 26.3. The van der Waals surface area contributed by atoms with Crippen molar-refractivity contribution in [2.24, 2.45) is 0 Å². The minimum absolute atomic E-state index is 0.125. The standard InChI is InChI=1S/C12H12N4O4/c17-11(18)8-1-3-13-10(5-8)7-15-12(19)14-6-9-2-4-20-16-9/h1-5H,6-7H2,(H,17,18)(H2,14,15,19). The SMILES string of the molecule is O=C(NCc1cc(C(=O)O)ccn1)NCc1ccon1. The maximum Gasteiger partial charge on any atom is 0.335 e. The van der Waals surface area contributed by atoms with Crippen molar-refractivity contribution in [2.45, 2.75) is 13.1 Å². The topological polar surface area (TPSA) is 117 Å². The number of hydrogen-bond acceptors (Lipinski definition) is 5. The van der Waals surface area contributed by atoms with Crippen molar-refractivity contribution in [3.63, 3.8) is 0 Å². The molecule has 0 unspecified atom stereocenters. The molecule has 2 rings (SSSR count). The lowest BCUT2D eigenvalue weighted by Gasteiger charge is -2.06. The molecule has 104 valence electrons. The number of aromatic nitrogens is 2. The van der Waals surface area contributed by atoms with Gasteiger partial charge in [0.15, 0.2) is 0 Å². The molecule has 0 aliphatic rings. The third kappa shape index (κ3) is 3.80. The van der Waals surface area contributed by atoms with Crippen LogP contribution in [0, 0.1) is 0 Å². The molecule has 0 bridgehead atoms. The van der Waals surface area contributed by atoms with E-state index in [0.29, 0.717) is 11.4 Å². The van der Waals surface area contributed by atoms with Gasteiger partial charge in [-0.2, -0.15) is 0 Å². The van der Waals surface area contributed by atoms with E-state index in [2.05, 4.69) is 25.3 Å². The Morgan fingerprint density at radius 1 is 1.20 bits per heavy atom. The highest BCUT2D eigenvalue weighted by molar-refractivity contribution is 5.87. The Morgan fingerprint density at radius 2 is 1.95 bits per heavy atom. The third-order valence-corrected chi connectivity index (χ3v) is 2.41. The van der Waals surface area contributed by atoms with Crippen LogP contribution in [0.2, 0.25) is 0 Å². The maximum absolute atomic E-state index is 11.5. The fourth-order valence-electron chi connectivity index (χ4n) is 1.44. The molecule has 2 heterocycles. The van der Waals surface area contributed by atoms with E-state index >= 15 is 0 Å². The number of nitrogens with one attached hydrogen (secondary N) is 2. The third-order valence-electron chi connectivity index (χ3n) is 2.41. The molecule has 3 N–H and O–H groups in total. The summed E-state index contributed by atoms with van der Waals surface area (Å²) in [5.41, 5.74) is 1.19. The molecule has 0 aromatic carbocycles. The van der Waals surface area contributed by atoms with Gasteiger partial charge in [0.25, 0.3) is 0 Å². The Kier molecular flexibility index (Phi) is 4.28. The van der Waals surface area contributed by atoms with Crippen LogP contribution in [-0.4, -0.2) is 27.2 Å². The zero-order chi connectivity index (χ0) is 14.4. The van der Waals surface area contributed by atoms with Gasteiger partial charge >= 0.3 is 12.0 Å². The number of carbonyl (C=O) groups excluding carboxylic acids is 1. The van der Waals surface area contributed by atoms with Crippen LogP contribution in [0.1, 0.15) is 21.7 Å². The average Bonchev–Trinajstić information content (AvgIpc) is 2.96. The van der Waals surface area contributed by atoms with E-state index in [1.807, 2.05) is 0 Å². The molecular formula is C12H12N4O4. The summed E-state index contributed by atoms with van der Waals surface area (Å²) in [6.45, 7) is 0.372. The van der Waals surface area contributed by atoms with Crippen LogP contribution in [0.15, 0.2) is 35.2 Å². The van der Waals surface area contributed by atoms with Crippen molar-refractivity contribution in [2.75, 3.05) is 0 Å². The highest BCUT2D eigenvalue weighted by atomic mass is 16.5. The van der Waals surface area contributed by atoms with Gasteiger partial charge in [0, 0.05) is 12.3 Å². The van der Waals surface area contributed by atoms with Gasteiger partial charge in [0.2, 0.25) is 0 Å². The number of urea groups is 1. The van der Waals surface area contributed by atoms with Crippen molar-refractivity contribution in [1.29, 1.82) is 0 Å². The smallest absolute Gasteiger partial charge is 0.335 e. The molecule has 2 aromatic heterocycles. The van der Waals surface area contributed by atoms with Crippen molar-refractivity contribution in [3.05, 3.63) is 47.6 Å². The monoisotopic (exact) mass is 276 g/mol. The number of carboxylic acids is 1. The van der Waals surface area contributed by atoms with E-state index in [-0.39, 0.29) is 18.7 Å². The average molecular weight is 276 g/mol. The molecule has 2 amide bonds. The van der Waals surface area contributed by atoms with Gasteiger partial charge in [-0.3, -0.25) is 4.98 Å². The van der Waals surface area contributed by atoms with Crippen molar-refractivity contribution < 1.29 is 19.2 Å². The summed E-state index contributed by atoms with van der Waals surface area (Å²) >= 11 is 0. The van der Waals surface area contributed by atoms with Crippen LogP contribution in [0.3, 0.4) is 0 Å². The molecule has 0 saturated heterocycles. The molecule has 0 spiro atoms. The Morgan fingerprint density at radius 3 is 2.60 bits per heavy atom. The molecule has 0 saturated carbocycles. The molecule has 2 aromatic rings. The number of carboxylic acid groups (broad SMARTS) is 1. The van der Waals surface area contributed by atoms with Crippen molar-refractivity contribution in [1.82, 2.24) is 20.8 Å². The largest absolute Gasteiger partial charge is 0.478 e. The lowest BCUT2D eigenvalue weighted by Crippen LogP contribution is -2.34. The molecular weight excluding hydrogens is 264 g/mol. The highest BCUT2D eigenvalue weighted by Gasteiger charge is 2.06. The molecule has 0 aliphatic heterocycles. The van der Waals surface area contributed by atoms with Crippen LogP contribution in [-0.2, 0) is 13.1 Å². The first-order valence-electron chi connectivity index (χ1n) is 5.74. The second-order valence-electron chi connectivity index (χ2n) is 3.87. The van der Waals surface area contributed by atoms with Gasteiger partial charge in [-0.15, -0.1) is 0 Å². The minimum atomic E-state index is -1.04. The Hall–Kier alpha value is -2.90. The summed E-state index contributed by atoms with van der Waals surface area (Å²) in [5.74, 6) is -1.04. The minimum Gasteiger partial charge on any atom is -0.478 e. The van der Waals surface area contributed by atoms with Gasteiger partial charge in [-0.05, 0) is 12.1 Å². The number of pyridine rings is 1. The zero-order valence-corrected chi connectivity index (χ0v) is 10.4. The van der Waals surface area contributed by atoms with E-state index in [0.717, 1.165) is 0 Å². The molecule has 0 aliphatic carbocycles.